The number of rotatable bonds is 5. The fourth-order valence-electron chi connectivity index (χ4n) is 3.59. The maximum absolute atomic E-state index is 13.5. The Hall–Kier alpha value is -2.44. The van der Waals surface area contributed by atoms with Crippen LogP contribution in [-0.2, 0) is 10.4 Å². The number of aliphatic carboxylic acids is 1. The van der Waals surface area contributed by atoms with Crippen molar-refractivity contribution in [3.8, 4) is 5.75 Å². The second-order valence-electron chi connectivity index (χ2n) is 6.56. The summed E-state index contributed by atoms with van der Waals surface area (Å²) in [5.74, 6) is -1.30. The first-order valence-electron chi connectivity index (χ1n) is 8.53. The summed E-state index contributed by atoms with van der Waals surface area (Å²) in [6, 6.07) is 12.3. The zero-order valence-corrected chi connectivity index (χ0v) is 14.6. The molecule has 5 nitrogen and oxygen atoms in total. The number of carboxylic acids is 1. The zero-order chi connectivity index (χ0) is 18.7. The summed E-state index contributed by atoms with van der Waals surface area (Å²) in [5.41, 5.74) is 0.283. The van der Waals surface area contributed by atoms with E-state index in [2.05, 4.69) is 0 Å². The van der Waals surface area contributed by atoms with Gasteiger partial charge in [0.2, 0.25) is 0 Å². The summed E-state index contributed by atoms with van der Waals surface area (Å²) in [5, 5.41) is 20.7. The molecular formula is C20H22FNO4. The molecule has 3 rings (SSSR count). The molecule has 2 aromatic carbocycles. The van der Waals surface area contributed by atoms with E-state index in [-0.39, 0.29) is 5.75 Å². The SMILES string of the molecule is COc1cc(F)ccc1C(C(=O)O)N1CCC(O)(c2ccccc2)CC1. The van der Waals surface area contributed by atoms with Crippen LogP contribution in [-0.4, -0.2) is 41.3 Å². The van der Waals surface area contributed by atoms with Gasteiger partial charge in [-0.05, 0) is 24.5 Å². The number of piperidine rings is 1. The van der Waals surface area contributed by atoms with E-state index in [1.54, 1.807) is 4.90 Å². The molecule has 1 aliphatic rings. The Morgan fingerprint density at radius 3 is 2.42 bits per heavy atom. The molecule has 0 saturated carbocycles. The molecule has 1 atom stereocenters. The number of likely N-dealkylation sites (tertiary alicyclic amines) is 1. The minimum atomic E-state index is -1.03. The van der Waals surface area contributed by atoms with Crippen LogP contribution < -0.4 is 4.74 Å². The van der Waals surface area contributed by atoms with Gasteiger partial charge in [-0.15, -0.1) is 0 Å². The average molecular weight is 359 g/mol. The van der Waals surface area contributed by atoms with Crippen molar-refractivity contribution in [1.29, 1.82) is 0 Å². The minimum Gasteiger partial charge on any atom is -0.496 e. The van der Waals surface area contributed by atoms with E-state index in [1.807, 2.05) is 30.3 Å². The maximum Gasteiger partial charge on any atom is 0.325 e. The third-order valence-electron chi connectivity index (χ3n) is 5.03. The number of aliphatic hydroxyl groups is 1. The molecule has 6 heteroatoms. The van der Waals surface area contributed by atoms with Gasteiger partial charge in [0.05, 0.1) is 12.7 Å². The van der Waals surface area contributed by atoms with Gasteiger partial charge in [0.25, 0.3) is 0 Å². The Bertz CT molecular complexity index is 773. The molecular weight excluding hydrogens is 337 g/mol. The van der Waals surface area contributed by atoms with Crippen LogP contribution in [0.2, 0.25) is 0 Å². The van der Waals surface area contributed by atoms with Crippen LogP contribution in [0.1, 0.15) is 30.0 Å². The Morgan fingerprint density at radius 2 is 1.85 bits per heavy atom. The normalized spacial score (nSPS) is 18.3. The van der Waals surface area contributed by atoms with Crippen LogP contribution in [0.3, 0.4) is 0 Å². The third kappa shape index (κ3) is 3.57. The first-order chi connectivity index (χ1) is 12.4. The number of hydrogen-bond donors (Lipinski definition) is 2. The summed E-state index contributed by atoms with van der Waals surface area (Å²) in [7, 11) is 1.39. The van der Waals surface area contributed by atoms with Crippen LogP contribution in [0.15, 0.2) is 48.5 Å². The van der Waals surface area contributed by atoms with Crippen molar-refractivity contribution < 1.29 is 24.1 Å². The molecule has 0 spiro atoms. The highest BCUT2D eigenvalue weighted by Gasteiger charge is 2.39. The fraction of sp³-hybridized carbons (Fsp3) is 0.350. The van der Waals surface area contributed by atoms with Gasteiger partial charge < -0.3 is 14.9 Å². The van der Waals surface area contributed by atoms with Gasteiger partial charge in [0, 0.05) is 24.7 Å². The van der Waals surface area contributed by atoms with E-state index in [1.165, 1.54) is 25.3 Å². The number of hydrogen-bond acceptors (Lipinski definition) is 4. The molecule has 1 heterocycles. The minimum absolute atomic E-state index is 0.210. The number of carboxylic acid groups (broad SMARTS) is 1. The number of ether oxygens (including phenoxy) is 1. The second kappa shape index (κ2) is 7.43. The number of benzene rings is 2. The number of halogens is 1. The lowest BCUT2D eigenvalue weighted by Gasteiger charge is -2.41. The maximum atomic E-state index is 13.5. The average Bonchev–Trinajstić information content (AvgIpc) is 2.65. The van der Waals surface area contributed by atoms with Crippen molar-refractivity contribution >= 4 is 5.97 Å². The van der Waals surface area contributed by atoms with E-state index in [4.69, 9.17) is 4.74 Å². The predicted molar refractivity (Wildman–Crippen MR) is 94.5 cm³/mol. The number of nitrogens with zero attached hydrogens (tertiary/aromatic N) is 1. The summed E-state index contributed by atoms with van der Waals surface area (Å²) in [6.07, 6.45) is 0.842. The third-order valence-corrected chi connectivity index (χ3v) is 5.03. The van der Waals surface area contributed by atoms with Crippen molar-refractivity contribution in [3.63, 3.8) is 0 Å². The molecule has 2 aromatic rings. The molecule has 26 heavy (non-hydrogen) atoms. The molecule has 0 amide bonds. The molecule has 0 radical (unpaired) electrons. The van der Waals surface area contributed by atoms with Gasteiger partial charge in [-0.3, -0.25) is 9.69 Å². The lowest BCUT2D eigenvalue weighted by Crippen LogP contribution is -2.46. The van der Waals surface area contributed by atoms with Crippen molar-refractivity contribution in [2.75, 3.05) is 20.2 Å². The zero-order valence-electron chi connectivity index (χ0n) is 14.6. The van der Waals surface area contributed by atoms with Gasteiger partial charge in [0.1, 0.15) is 17.6 Å². The molecule has 0 aliphatic carbocycles. The van der Waals surface area contributed by atoms with Crippen LogP contribution in [0.5, 0.6) is 5.75 Å². The van der Waals surface area contributed by atoms with Gasteiger partial charge in [0.15, 0.2) is 0 Å². The summed E-state index contributed by atoms with van der Waals surface area (Å²) >= 11 is 0. The first kappa shape index (κ1) is 18.4. The van der Waals surface area contributed by atoms with Gasteiger partial charge in [-0.2, -0.15) is 0 Å². The number of methoxy groups -OCH3 is 1. The second-order valence-corrected chi connectivity index (χ2v) is 6.56. The number of carbonyl (C=O) groups is 1. The van der Waals surface area contributed by atoms with Crippen LogP contribution in [0.4, 0.5) is 4.39 Å². The lowest BCUT2D eigenvalue weighted by molar-refractivity contribution is -0.146. The van der Waals surface area contributed by atoms with E-state index < -0.39 is 23.4 Å². The molecule has 1 saturated heterocycles. The predicted octanol–water partition coefficient (Wildman–Crippen LogP) is 2.94. The Labute approximate surface area is 151 Å². The van der Waals surface area contributed by atoms with Gasteiger partial charge in [-0.25, -0.2) is 4.39 Å². The molecule has 1 fully saturated rings. The Balaban J connectivity index is 1.83. The smallest absolute Gasteiger partial charge is 0.325 e. The molecule has 0 aromatic heterocycles. The van der Waals surface area contributed by atoms with E-state index in [0.717, 1.165) is 5.56 Å². The first-order valence-corrected chi connectivity index (χ1v) is 8.53. The van der Waals surface area contributed by atoms with Gasteiger partial charge in [-0.1, -0.05) is 36.4 Å². The molecule has 2 N–H and O–H groups in total. The summed E-state index contributed by atoms with van der Waals surface area (Å²) in [4.78, 5) is 13.7. The largest absolute Gasteiger partial charge is 0.496 e. The van der Waals surface area contributed by atoms with E-state index in [9.17, 15) is 19.4 Å². The Kier molecular flexibility index (Phi) is 5.25. The Morgan fingerprint density at radius 1 is 1.19 bits per heavy atom. The molecule has 138 valence electrons. The monoisotopic (exact) mass is 359 g/mol. The van der Waals surface area contributed by atoms with Crippen molar-refractivity contribution in [3.05, 3.63) is 65.5 Å². The standard InChI is InChI=1S/C20H22FNO4/c1-26-17-13-15(21)7-8-16(17)18(19(23)24)22-11-9-20(25,10-12-22)14-5-3-2-4-6-14/h2-8,13,18,25H,9-12H2,1H3,(H,23,24). The van der Waals surface area contributed by atoms with Crippen molar-refractivity contribution in [2.24, 2.45) is 0 Å². The quantitative estimate of drug-likeness (QED) is 0.859. The summed E-state index contributed by atoms with van der Waals surface area (Å²) in [6.45, 7) is 0.811. The highest BCUT2D eigenvalue weighted by Crippen LogP contribution is 2.37. The summed E-state index contributed by atoms with van der Waals surface area (Å²) < 4.78 is 18.6. The lowest BCUT2D eigenvalue weighted by atomic mass is 9.83. The molecule has 1 aliphatic heterocycles. The van der Waals surface area contributed by atoms with Crippen molar-refractivity contribution in [2.45, 2.75) is 24.5 Å². The van der Waals surface area contributed by atoms with Crippen LogP contribution >= 0.6 is 0 Å². The van der Waals surface area contributed by atoms with Gasteiger partial charge >= 0.3 is 5.97 Å². The molecule has 0 bridgehead atoms. The topological polar surface area (TPSA) is 70.0 Å². The van der Waals surface area contributed by atoms with Crippen LogP contribution in [0, 0.1) is 5.82 Å². The fourth-order valence-corrected chi connectivity index (χ4v) is 3.59. The molecule has 1 unspecified atom stereocenters. The highest BCUT2D eigenvalue weighted by atomic mass is 19.1. The highest BCUT2D eigenvalue weighted by molar-refractivity contribution is 5.76. The van der Waals surface area contributed by atoms with E-state index in [0.29, 0.717) is 31.5 Å². The van der Waals surface area contributed by atoms with Crippen LogP contribution in [0.25, 0.3) is 0 Å². The van der Waals surface area contributed by atoms with E-state index >= 15 is 0 Å². The van der Waals surface area contributed by atoms with Crippen molar-refractivity contribution in [1.82, 2.24) is 4.90 Å².